The van der Waals surface area contributed by atoms with Gasteiger partial charge in [0, 0.05) is 33.6 Å². The number of carbonyl (C=O) groups excluding carboxylic acids is 1. The van der Waals surface area contributed by atoms with E-state index in [2.05, 4.69) is 10.4 Å². The van der Waals surface area contributed by atoms with Gasteiger partial charge in [0.15, 0.2) is 0 Å². The fourth-order valence-corrected chi connectivity index (χ4v) is 4.64. The van der Waals surface area contributed by atoms with Gasteiger partial charge < -0.3 is 5.32 Å². The molecule has 0 fully saturated rings. The molecule has 2 aromatic carbocycles. The lowest BCUT2D eigenvalue weighted by molar-refractivity contribution is -0.385. The van der Waals surface area contributed by atoms with Crippen molar-refractivity contribution in [3.8, 4) is 5.69 Å². The topological polar surface area (TPSA) is 107 Å². The third-order valence-electron chi connectivity index (χ3n) is 4.93. The summed E-state index contributed by atoms with van der Waals surface area (Å²) in [7, 11) is -1.06. The number of amides is 1. The Hall–Kier alpha value is -3.33. The third kappa shape index (κ3) is 3.44. The van der Waals surface area contributed by atoms with E-state index >= 15 is 0 Å². The van der Waals surface area contributed by atoms with E-state index in [0.717, 1.165) is 16.8 Å². The van der Waals surface area contributed by atoms with Crippen LogP contribution in [0.4, 0.5) is 11.5 Å². The quantitative estimate of drug-likeness (QED) is 0.524. The maximum atomic E-state index is 13.0. The molecule has 1 aliphatic rings. The van der Waals surface area contributed by atoms with Gasteiger partial charge in [-0.2, -0.15) is 5.10 Å². The van der Waals surface area contributed by atoms with E-state index < -0.39 is 21.6 Å². The van der Waals surface area contributed by atoms with E-state index in [-0.39, 0.29) is 16.8 Å². The number of fused-ring (bicyclic) bond motifs is 1. The summed E-state index contributed by atoms with van der Waals surface area (Å²) in [6.45, 7) is 3.52. The van der Waals surface area contributed by atoms with Crippen LogP contribution in [-0.2, 0) is 22.3 Å². The summed E-state index contributed by atoms with van der Waals surface area (Å²) in [5, 5.41) is 18.6. The van der Waals surface area contributed by atoms with Gasteiger partial charge in [-0.15, -0.1) is 0 Å². The molecule has 1 atom stereocenters. The van der Waals surface area contributed by atoms with Crippen molar-refractivity contribution in [1.82, 2.24) is 9.78 Å². The normalized spacial score (nSPS) is 15.2. The molecule has 4 rings (SSSR count). The fraction of sp³-hybridized carbons (Fsp3) is 0.200. The van der Waals surface area contributed by atoms with Gasteiger partial charge >= 0.3 is 0 Å². The van der Waals surface area contributed by atoms with Crippen LogP contribution in [0.3, 0.4) is 0 Å². The van der Waals surface area contributed by atoms with Crippen molar-refractivity contribution < 1.29 is 13.9 Å². The number of nitro benzene ring substituents is 1. The van der Waals surface area contributed by atoms with Gasteiger partial charge in [0.2, 0.25) is 0 Å². The lowest BCUT2D eigenvalue weighted by atomic mass is 10.1. The highest BCUT2D eigenvalue weighted by Gasteiger charge is 2.29. The first-order valence-corrected chi connectivity index (χ1v) is 10.4. The molecule has 0 saturated carbocycles. The van der Waals surface area contributed by atoms with Crippen LogP contribution in [0, 0.1) is 24.0 Å². The number of nitrogens with zero attached hydrogens (tertiary/aromatic N) is 3. The molecular formula is C20H18N4O4S. The number of nitro groups is 1. The monoisotopic (exact) mass is 410 g/mol. The first-order valence-electron chi connectivity index (χ1n) is 8.93. The van der Waals surface area contributed by atoms with Crippen LogP contribution in [0.15, 0.2) is 42.5 Å². The highest BCUT2D eigenvalue weighted by molar-refractivity contribution is 7.83. The number of aromatic nitrogens is 2. The van der Waals surface area contributed by atoms with Gasteiger partial charge in [-0.1, -0.05) is 23.8 Å². The summed E-state index contributed by atoms with van der Waals surface area (Å²) >= 11 is 0. The van der Waals surface area contributed by atoms with Gasteiger partial charge in [-0.05, 0) is 32.0 Å². The lowest BCUT2D eigenvalue weighted by Crippen LogP contribution is -2.18. The van der Waals surface area contributed by atoms with Crippen LogP contribution in [-0.4, -0.2) is 24.8 Å². The van der Waals surface area contributed by atoms with Gasteiger partial charge in [-0.25, -0.2) is 4.68 Å². The van der Waals surface area contributed by atoms with Crippen LogP contribution in [0.5, 0.6) is 0 Å². The smallest absolute Gasteiger partial charge is 0.273 e. The number of rotatable bonds is 4. The fourth-order valence-electron chi connectivity index (χ4n) is 3.37. The number of anilines is 1. The number of benzene rings is 2. The molecule has 29 heavy (non-hydrogen) atoms. The van der Waals surface area contributed by atoms with Gasteiger partial charge in [0.25, 0.3) is 11.6 Å². The number of hydrogen-bond donors (Lipinski definition) is 1. The molecule has 1 amide bonds. The Labute approximate surface area is 169 Å². The Morgan fingerprint density at radius 3 is 2.59 bits per heavy atom. The minimum absolute atomic E-state index is 0.115. The van der Waals surface area contributed by atoms with E-state index in [1.54, 1.807) is 17.7 Å². The first-order chi connectivity index (χ1) is 13.8. The van der Waals surface area contributed by atoms with Gasteiger partial charge in [-0.3, -0.25) is 19.1 Å². The van der Waals surface area contributed by atoms with Crippen LogP contribution >= 0.6 is 0 Å². The van der Waals surface area contributed by atoms with E-state index in [0.29, 0.717) is 23.0 Å². The molecule has 0 aliphatic carbocycles. The first kappa shape index (κ1) is 19.0. The summed E-state index contributed by atoms with van der Waals surface area (Å²) in [6.07, 6.45) is 0. The van der Waals surface area contributed by atoms with E-state index in [4.69, 9.17) is 0 Å². The van der Waals surface area contributed by atoms with Crippen molar-refractivity contribution in [2.75, 3.05) is 5.32 Å². The van der Waals surface area contributed by atoms with Crippen molar-refractivity contribution in [3.05, 3.63) is 80.5 Å². The average molecular weight is 410 g/mol. The average Bonchev–Trinajstić information content (AvgIpc) is 3.19. The van der Waals surface area contributed by atoms with Crippen LogP contribution in [0.25, 0.3) is 5.69 Å². The molecule has 0 bridgehead atoms. The summed E-state index contributed by atoms with van der Waals surface area (Å²) in [5.74, 6) is 0.628. The Balaban J connectivity index is 1.76. The van der Waals surface area contributed by atoms with Gasteiger partial charge in [0.05, 0.1) is 27.8 Å². The molecule has 1 N–H and O–H groups in total. The lowest BCUT2D eigenvalue weighted by Gasteiger charge is -2.12. The molecular weight excluding hydrogens is 392 g/mol. The minimum Gasteiger partial charge on any atom is -0.306 e. The Morgan fingerprint density at radius 1 is 1.17 bits per heavy atom. The zero-order valence-electron chi connectivity index (χ0n) is 15.8. The zero-order chi connectivity index (χ0) is 20.7. The molecule has 2 heterocycles. The van der Waals surface area contributed by atoms with Crippen LogP contribution in [0.1, 0.15) is 32.7 Å². The second-order valence-electron chi connectivity index (χ2n) is 6.91. The number of nitrogens with one attached hydrogen (secondary N) is 1. The zero-order valence-corrected chi connectivity index (χ0v) is 16.7. The maximum Gasteiger partial charge on any atom is 0.273 e. The number of aryl methyl sites for hydroxylation is 1. The predicted octanol–water partition coefficient (Wildman–Crippen LogP) is 3.41. The van der Waals surface area contributed by atoms with E-state index in [1.807, 2.05) is 31.2 Å². The SMILES string of the molecule is Cc1ccc(-n2nc3c(c2NC(=O)c2cccc([N+](=O)[O-])c2C)C[S@@](=O)C3)cc1. The molecule has 1 aromatic heterocycles. The van der Waals surface area contributed by atoms with Crippen molar-refractivity contribution in [2.24, 2.45) is 0 Å². The van der Waals surface area contributed by atoms with E-state index in [1.165, 1.54) is 12.1 Å². The van der Waals surface area contributed by atoms with Crippen LogP contribution < -0.4 is 5.32 Å². The second kappa shape index (κ2) is 7.25. The van der Waals surface area contributed by atoms with Crippen molar-refractivity contribution in [1.29, 1.82) is 0 Å². The summed E-state index contributed by atoms with van der Waals surface area (Å²) in [4.78, 5) is 23.7. The number of hydrogen-bond acceptors (Lipinski definition) is 5. The Kier molecular flexibility index (Phi) is 4.75. The molecule has 8 nitrogen and oxygen atoms in total. The third-order valence-corrected chi connectivity index (χ3v) is 6.13. The van der Waals surface area contributed by atoms with Gasteiger partial charge in [0.1, 0.15) is 5.82 Å². The van der Waals surface area contributed by atoms with Crippen molar-refractivity contribution >= 4 is 28.2 Å². The molecule has 0 unspecified atom stereocenters. The summed E-state index contributed by atoms with van der Waals surface area (Å²) < 4.78 is 13.6. The molecule has 3 aromatic rings. The van der Waals surface area contributed by atoms with Crippen molar-refractivity contribution in [3.63, 3.8) is 0 Å². The standard InChI is InChI=1S/C20H18N4O4S/c1-12-6-8-14(9-7-12)23-19(16-10-29(28)11-17(16)22-23)21-20(25)15-4-3-5-18(13(15)2)24(26)27/h3-9H,10-11H2,1-2H3,(H,21,25)/t29-/m1/s1. The highest BCUT2D eigenvalue weighted by atomic mass is 32.2. The molecule has 0 radical (unpaired) electrons. The molecule has 1 aliphatic heterocycles. The maximum absolute atomic E-state index is 13.0. The molecule has 0 spiro atoms. The molecule has 9 heteroatoms. The van der Waals surface area contributed by atoms with Crippen LogP contribution in [0.2, 0.25) is 0 Å². The largest absolute Gasteiger partial charge is 0.306 e. The van der Waals surface area contributed by atoms with Crippen molar-refractivity contribution in [2.45, 2.75) is 25.4 Å². The Morgan fingerprint density at radius 2 is 1.90 bits per heavy atom. The predicted molar refractivity (Wildman–Crippen MR) is 110 cm³/mol. The summed E-state index contributed by atoms with van der Waals surface area (Å²) in [6, 6.07) is 12.1. The second-order valence-corrected chi connectivity index (χ2v) is 8.37. The molecule has 0 saturated heterocycles. The summed E-state index contributed by atoms with van der Waals surface area (Å²) in [5.41, 5.74) is 3.67. The molecule has 148 valence electrons. The minimum atomic E-state index is -1.06. The number of carbonyl (C=O) groups is 1. The van der Waals surface area contributed by atoms with E-state index in [9.17, 15) is 19.1 Å². The highest BCUT2D eigenvalue weighted by Crippen LogP contribution is 2.32. The Bertz CT molecular complexity index is 1170.